The van der Waals surface area contributed by atoms with Gasteiger partial charge in [-0.3, -0.25) is 9.59 Å². The van der Waals surface area contributed by atoms with Crippen LogP contribution < -0.4 is 0 Å². The Balaban J connectivity index is 4.25. The van der Waals surface area contributed by atoms with Gasteiger partial charge in [0.05, 0.1) is 6.61 Å². The van der Waals surface area contributed by atoms with Crippen molar-refractivity contribution in [2.24, 2.45) is 0 Å². The Bertz CT molecular complexity index is 1120. The number of hydrogen-bond acceptors (Lipinski definition) is 5. The van der Waals surface area contributed by atoms with E-state index in [0.717, 1.165) is 77.0 Å². The molecule has 0 bridgehead atoms. The van der Waals surface area contributed by atoms with Crippen molar-refractivity contribution in [3.8, 4) is 0 Å². The molecule has 0 aromatic heterocycles. The average molecular weight is 954 g/mol. The fourth-order valence-corrected chi connectivity index (χ4v) is 8.92. The SMILES string of the molecule is CC/C=C\C/C=C\C/C=C\C/C=C\CCCCCCC(=O)OCC(COCCCCCCCCCCCCCCCCCCCCCC)OC(=O)CCCCCCCCCCCCCCCCC. The molecule has 0 aliphatic heterocycles. The summed E-state index contributed by atoms with van der Waals surface area (Å²) in [4.78, 5) is 25.5. The monoisotopic (exact) mass is 953 g/mol. The number of ether oxygens (including phenoxy) is 3. The number of unbranched alkanes of at least 4 members (excludes halogenated alkanes) is 37. The van der Waals surface area contributed by atoms with E-state index in [4.69, 9.17) is 14.2 Å². The number of rotatable bonds is 56. The second kappa shape index (κ2) is 59.2. The summed E-state index contributed by atoms with van der Waals surface area (Å²) in [5.41, 5.74) is 0. The van der Waals surface area contributed by atoms with Gasteiger partial charge >= 0.3 is 11.9 Å². The van der Waals surface area contributed by atoms with E-state index in [0.29, 0.717) is 19.4 Å². The van der Waals surface area contributed by atoms with Crippen LogP contribution in [0, 0.1) is 0 Å². The normalized spacial score (nSPS) is 12.5. The standard InChI is InChI=1S/C63H116O5/c1-4-7-10-13-16-19-22-25-28-30-31-32-34-37-40-43-46-49-52-55-58-66-59-61(68-63(65)57-54-51-48-45-42-39-35-27-24-21-18-15-12-9-6-3)60-67-62(64)56-53-50-47-44-41-38-36-33-29-26-23-20-17-14-11-8-5-2/h8,11,17,20,26,29,36,38,61H,4-7,9-10,12-16,18-19,21-25,27-28,30-35,37,39-60H2,1-3H3/b11-8-,20-17-,29-26-,38-36-. The summed E-state index contributed by atoms with van der Waals surface area (Å²) in [6.45, 7) is 7.76. The molecule has 0 fully saturated rings. The van der Waals surface area contributed by atoms with Gasteiger partial charge in [-0.1, -0.05) is 294 Å². The maximum absolute atomic E-state index is 12.9. The Morgan fingerprint density at radius 1 is 0.338 bits per heavy atom. The minimum atomic E-state index is -0.543. The highest BCUT2D eigenvalue weighted by Gasteiger charge is 2.17. The molecule has 0 aliphatic carbocycles. The van der Waals surface area contributed by atoms with Crippen molar-refractivity contribution >= 4 is 11.9 Å². The first kappa shape index (κ1) is 65.9. The third-order valence-electron chi connectivity index (χ3n) is 13.4. The number of allylic oxidation sites excluding steroid dienone is 8. The first-order valence-electron chi connectivity index (χ1n) is 30.2. The lowest BCUT2D eigenvalue weighted by Crippen LogP contribution is -2.30. The molecule has 398 valence electrons. The largest absolute Gasteiger partial charge is 0.462 e. The van der Waals surface area contributed by atoms with Gasteiger partial charge in [-0.05, 0) is 57.8 Å². The smallest absolute Gasteiger partial charge is 0.306 e. The zero-order chi connectivity index (χ0) is 49.2. The Hall–Kier alpha value is -2.14. The predicted molar refractivity (Wildman–Crippen MR) is 298 cm³/mol. The zero-order valence-corrected chi connectivity index (χ0v) is 45.9. The van der Waals surface area contributed by atoms with Gasteiger partial charge in [0.25, 0.3) is 0 Å². The topological polar surface area (TPSA) is 61.8 Å². The Kier molecular flexibility index (Phi) is 57.3. The van der Waals surface area contributed by atoms with E-state index in [9.17, 15) is 9.59 Å². The van der Waals surface area contributed by atoms with E-state index in [1.54, 1.807) is 0 Å². The van der Waals surface area contributed by atoms with E-state index in [1.807, 2.05) is 0 Å². The van der Waals surface area contributed by atoms with Crippen LogP contribution in [0.1, 0.15) is 316 Å². The maximum atomic E-state index is 12.9. The highest BCUT2D eigenvalue weighted by Crippen LogP contribution is 2.17. The molecule has 5 heteroatoms. The van der Waals surface area contributed by atoms with Crippen LogP contribution in [0.2, 0.25) is 0 Å². The van der Waals surface area contributed by atoms with Crippen molar-refractivity contribution in [2.45, 2.75) is 322 Å². The Morgan fingerprint density at radius 3 is 1.06 bits per heavy atom. The second-order valence-electron chi connectivity index (χ2n) is 20.2. The summed E-state index contributed by atoms with van der Waals surface area (Å²) < 4.78 is 17.5. The molecular weight excluding hydrogens is 837 g/mol. The fraction of sp³-hybridized carbons (Fsp3) is 0.841. The number of carbonyl (C=O) groups is 2. The quantitative estimate of drug-likeness (QED) is 0.0345. The van der Waals surface area contributed by atoms with Crippen LogP contribution in [0.25, 0.3) is 0 Å². The van der Waals surface area contributed by atoms with Crippen molar-refractivity contribution in [3.63, 3.8) is 0 Å². The molecule has 0 aliphatic rings. The van der Waals surface area contributed by atoms with Gasteiger partial charge in [0.15, 0.2) is 6.10 Å². The number of esters is 2. The second-order valence-corrected chi connectivity index (χ2v) is 20.2. The minimum absolute atomic E-state index is 0.0779. The lowest BCUT2D eigenvalue weighted by molar-refractivity contribution is -0.163. The summed E-state index contributed by atoms with van der Waals surface area (Å²) in [7, 11) is 0. The molecule has 0 rings (SSSR count). The zero-order valence-electron chi connectivity index (χ0n) is 45.9. The molecular formula is C63H116O5. The third-order valence-corrected chi connectivity index (χ3v) is 13.4. The summed E-state index contributed by atoms with van der Waals surface area (Å²) in [5.74, 6) is -0.405. The van der Waals surface area contributed by atoms with Crippen LogP contribution in [0.4, 0.5) is 0 Å². The maximum Gasteiger partial charge on any atom is 0.306 e. The highest BCUT2D eigenvalue weighted by molar-refractivity contribution is 5.70. The molecule has 0 spiro atoms. The molecule has 0 radical (unpaired) electrons. The van der Waals surface area contributed by atoms with Crippen molar-refractivity contribution in [1.29, 1.82) is 0 Å². The van der Waals surface area contributed by atoms with Crippen LogP contribution in [0.3, 0.4) is 0 Å². The molecule has 5 nitrogen and oxygen atoms in total. The van der Waals surface area contributed by atoms with Crippen LogP contribution >= 0.6 is 0 Å². The summed E-state index contributed by atoms with van der Waals surface area (Å²) in [6, 6.07) is 0. The third kappa shape index (κ3) is 56.4. The lowest BCUT2D eigenvalue weighted by atomic mass is 10.0. The minimum Gasteiger partial charge on any atom is -0.462 e. The fourth-order valence-electron chi connectivity index (χ4n) is 8.92. The molecule has 0 heterocycles. The summed E-state index contributed by atoms with van der Waals surface area (Å²) >= 11 is 0. The van der Waals surface area contributed by atoms with Crippen molar-refractivity contribution < 1.29 is 23.8 Å². The molecule has 0 aromatic rings. The van der Waals surface area contributed by atoms with E-state index in [2.05, 4.69) is 69.4 Å². The summed E-state index contributed by atoms with van der Waals surface area (Å²) in [6.07, 6.45) is 74.3. The highest BCUT2D eigenvalue weighted by atomic mass is 16.6. The van der Waals surface area contributed by atoms with E-state index in [1.165, 1.54) is 205 Å². The van der Waals surface area contributed by atoms with Gasteiger partial charge in [0.2, 0.25) is 0 Å². The van der Waals surface area contributed by atoms with Gasteiger partial charge in [-0.2, -0.15) is 0 Å². The van der Waals surface area contributed by atoms with Gasteiger partial charge in [-0.25, -0.2) is 0 Å². The van der Waals surface area contributed by atoms with Gasteiger partial charge in [0.1, 0.15) is 6.61 Å². The van der Waals surface area contributed by atoms with Gasteiger partial charge in [-0.15, -0.1) is 0 Å². The number of hydrogen-bond donors (Lipinski definition) is 0. The van der Waals surface area contributed by atoms with Crippen LogP contribution in [-0.2, 0) is 23.8 Å². The van der Waals surface area contributed by atoms with Crippen molar-refractivity contribution in [3.05, 3.63) is 48.6 Å². The predicted octanol–water partition coefficient (Wildman–Crippen LogP) is 20.7. The van der Waals surface area contributed by atoms with Gasteiger partial charge in [0, 0.05) is 19.4 Å². The van der Waals surface area contributed by atoms with Crippen LogP contribution in [0.5, 0.6) is 0 Å². The molecule has 68 heavy (non-hydrogen) atoms. The van der Waals surface area contributed by atoms with E-state index < -0.39 is 6.10 Å². The first-order chi connectivity index (χ1) is 33.6. The Labute approximate surface area is 424 Å². The number of carbonyl (C=O) groups excluding carboxylic acids is 2. The van der Waals surface area contributed by atoms with Crippen molar-refractivity contribution in [2.75, 3.05) is 19.8 Å². The van der Waals surface area contributed by atoms with Gasteiger partial charge < -0.3 is 14.2 Å². The molecule has 1 atom stereocenters. The molecule has 0 saturated heterocycles. The van der Waals surface area contributed by atoms with Crippen LogP contribution in [0.15, 0.2) is 48.6 Å². The molecule has 1 unspecified atom stereocenters. The van der Waals surface area contributed by atoms with Crippen LogP contribution in [-0.4, -0.2) is 37.9 Å². The summed E-state index contributed by atoms with van der Waals surface area (Å²) in [5, 5.41) is 0. The molecule has 0 aromatic carbocycles. The Morgan fingerprint density at radius 2 is 0.662 bits per heavy atom. The average Bonchev–Trinajstić information content (AvgIpc) is 3.34. The van der Waals surface area contributed by atoms with Crippen molar-refractivity contribution in [1.82, 2.24) is 0 Å². The van der Waals surface area contributed by atoms with E-state index in [-0.39, 0.29) is 25.2 Å². The van der Waals surface area contributed by atoms with E-state index >= 15 is 0 Å². The molecule has 0 N–H and O–H groups in total. The first-order valence-corrected chi connectivity index (χ1v) is 30.2. The lowest BCUT2D eigenvalue weighted by Gasteiger charge is -2.18. The molecule has 0 saturated carbocycles. The molecule has 0 amide bonds.